The highest BCUT2D eigenvalue weighted by atomic mass is 16.1. The maximum atomic E-state index is 11.6. The zero-order valence-corrected chi connectivity index (χ0v) is 9.63. The van der Waals surface area contributed by atoms with E-state index in [4.69, 9.17) is 0 Å². The van der Waals surface area contributed by atoms with Crippen LogP contribution in [0.3, 0.4) is 0 Å². The van der Waals surface area contributed by atoms with Gasteiger partial charge in [-0.1, -0.05) is 17.7 Å². The van der Waals surface area contributed by atoms with Crippen molar-refractivity contribution in [3.05, 3.63) is 28.8 Å². The zero-order valence-electron chi connectivity index (χ0n) is 9.63. The van der Waals surface area contributed by atoms with Crippen LogP contribution in [0.5, 0.6) is 0 Å². The second-order valence-electron chi connectivity index (χ2n) is 4.48. The number of nitrogens with zero attached hydrogens (tertiary/aromatic N) is 1. The van der Waals surface area contributed by atoms with Crippen molar-refractivity contribution in [2.45, 2.75) is 26.7 Å². The van der Waals surface area contributed by atoms with Gasteiger partial charge in [0.15, 0.2) is 0 Å². The van der Waals surface area contributed by atoms with Crippen molar-refractivity contribution >= 4 is 11.5 Å². The third kappa shape index (κ3) is 1.89. The predicted octanol–water partition coefficient (Wildman–Crippen LogP) is 2.25. The molecular formula is C13H17NO. The lowest BCUT2D eigenvalue weighted by molar-refractivity contribution is -0.118. The van der Waals surface area contributed by atoms with Crippen molar-refractivity contribution in [1.29, 1.82) is 0 Å². The van der Waals surface area contributed by atoms with E-state index < -0.39 is 0 Å². The lowest BCUT2D eigenvalue weighted by Crippen LogP contribution is -2.19. The van der Waals surface area contributed by atoms with Crippen molar-refractivity contribution < 1.29 is 4.79 Å². The molecule has 2 nitrogen and oxygen atoms in total. The van der Waals surface area contributed by atoms with Crippen molar-refractivity contribution in [1.82, 2.24) is 0 Å². The van der Waals surface area contributed by atoms with Crippen LogP contribution < -0.4 is 4.90 Å². The molecular weight excluding hydrogens is 186 g/mol. The van der Waals surface area contributed by atoms with Crippen LogP contribution in [0, 0.1) is 13.8 Å². The highest BCUT2D eigenvalue weighted by Gasteiger charge is 2.18. The fraction of sp³-hybridized carbons (Fsp3) is 0.462. The number of hydrogen-bond donors (Lipinski definition) is 0. The topological polar surface area (TPSA) is 20.3 Å². The molecule has 2 rings (SSSR count). The SMILES string of the molecule is Cc1cc(C)c2c(c1)CC(=O)CCN2C. The van der Waals surface area contributed by atoms with Crippen molar-refractivity contribution in [3.8, 4) is 0 Å². The number of anilines is 1. The minimum absolute atomic E-state index is 0.352. The van der Waals surface area contributed by atoms with Crippen molar-refractivity contribution in [2.24, 2.45) is 0 Å². The van der Waals surface area contributed by atoms with Gasteiger partial charge >= 0.3 is 0 Å². The van der Waals surface area contributed by atoms with Gasteiger partial charge in [0, 0.05) is 32.1 Å². The third-order valence-electron chi connectivity index (χ3n) is 3.02. The Labute approximate surface area is 90.9 Å². The average Bonchev–Trinajstić information content (AvgIpc) is 2.25. The van der Waals surface area contributed by atoms with E-state index in [9.17, 15) is 4.79 Å². The van der Waals surface area contributed by atoms with E-state index in [1.807, 2.05) is 0 Å². The minimum atomic E-state index is 0.352. The van der Waals surface area contributed by atoms with Gasteiger partial charge in [-0.25, -0.2) is 0 Å². The lowest BCUT2D eigenvalue weighted by atomic mass is 10.0. The Hall–Kier alpha value is -1.31. The Morgan fingerprint density at radius 2 is 2.00 bits per heavy atom. The van der Waals surface area contributed by atoms with E-state index in [1.165, 1.54) is 22.4 Å². The van der Waals surface area contributed by atoms with Crippen LogP contribution in [0.25, 0.3) is 0 Å². The van der Waals surface area contributed by atoms with Gasteiger partial charge in [0.25, 0.3) is 0 Å². The van der Waals surface area contributed by atoms with E-state index in [0.29, 0.717) is 18.6 Å². The second kappa shape index (κ2) is 3.69. The smallest absolute Gasteiger partial charge is 0.139 e. The maximum Gasteiger partial charge on any atom is 0.139 e. The Kier molecular flexibility index (Phi) is 2.51. The standard InChI is InChI=1S/C13H17NO/c1-9-6-10(2)13-11(7-9)8-12(15)4-5-14(13)3/h6-7H,4-5,8H2,1-3H3. The Morgan fingerprint density at radius 3 is 2.73 bits per heavy atom. The fourth-order valence-electron chi connectivity index (χ4n) is 2.43. The molecule has 0 aromatic heterocycles. The summed E-state index contributed by atoms with van der Waals surface area (Å²) in [6.45, 7) is 5.05. The zero-order chi connectivity index (χ0) is 11.0. The first-order valence-corrected chi connectivity index (χ1v) is 5.41. The molecule has 0 saturated heterocycles. The number of carbonyl (C=O) groups excluding carboxylic acids is 1. The molecule has 0 saturated carbocycles. The van der Waals surface area contributed by atoms with Crippen molar-refractivity contribution in [3.63, 3.8) is 0 Å². The Morgan fingerprint density at radius 1 is 1.27 bits per heavy atom. The maximum absolute atomic E-state index is 11.6. The summed E-state index contributed by atoms with van der Waals surface area (Å²) >= 11 is 0. The first-order chi connectivity index (χ1) is 7.08. The molecule has 1 aromatic rings. The van der Waals surface area contributed by atoms with Gasteiger partial charge in [-0.2, -0.15) is 0 Å². The molecule has 1 aliphatic heterocycles. The molecule has 1 aromatic carbocycles. The van der Waals surface area contributed by atoms with Crippen LogP contribution in [0.4, 0.5) is 5.69 Å². The fourth-order valence-corrected chi connectivity index (χ4v) is 2.43. The van der Waals surface area contributed by atoms with E-state index in [0.717, 1.165) is 6.54 Å². The number of ketones is 1. The largest absolute Gasteiger partial charge is 0.374 e. The molecule has 1 aliphatic rings. The number of hydrogen-bond acceptors (Lipinski definition) is 2. The van der Waals surface area contributed by atoms with E-state index >= 15 is 0 Å². The first-order valence-electron chi connectivity index (χ1n) is 5.41. The molecule has 0 N–H and O–H groups in total. The summed E-state index contributed by atoms with van der Waals surface area (Å²) in [5.74, 6) is 0.352. The molecule has 80 valence electrons. The molecule has 0 amide bonds. The molecule has 0 unspecified atom stereocenters. The van der Waals surface area contributed by atoms with Gasteiger partial charge in [-0.3, -0.25) is 4.79 Å². The molecule has 2 heteroatoms. The van der Waals surface area contributed by atoms with E-state index in [-0.39, 0.29) is 0 Å². The summed E-state index contributed by atoms with van der Waals surface area (Å²) in [7, 11) is 2.07. The average molecular weight is 203 g/mol. The summed E-state index contributed by atoms with van der Waals surface area (Å²) in [6, 6.07) is 4.33. The number of carbonyl (C=O) groups is 1. The Balaban J connectivity index is 2.56. The van der Waals surface area contributed by atoms with Crippen LogP contribution in [0.15, 0.2) is 12.1 Å². The highest BCUT2D eigenvalue weighted by Crippen LogP contribution is 2.29. The van der Waals surface area contributed by atoms with Crippen LogP contribution in [-0.4, -0.2) is 19.4 Å². The van der Waals surface area contributed by atoms with Crippen LogP contribution in [0.1, 0.15) is 23.1 Å². The summed E-state index contributed by atoms with van der Waals surface area (Å²) in [6.07, 6.45) is 1.27. The number of rotatable bonds is 0. The van der Waals surface area contributed by atoms with E-state index in [2.05, 4.69) is 37.9 Å². The van der Waals surface area contributed by atoms with Gasteiger partial charge < -0.3 is 4.90 Å². The minimum Gasteiger partial charge on any atom is -0.374 e. The monoisotopic (exact) mass is 203 g/mol. The molecule has 0 bridgehead atoms. The summed E-state index contributed by atoms with van der Waals surface area (Å²) in [5.41, 5.74) is 4.97. The normalized spacial score (nSPS) is 16.2. The number of aryl methyl sites for hydroxylation is 2. The van der Waals surface area contributed by atoms with Crippen LogP contribution >= 0.6 is 0 Å². The second-order valence-corrected chi connectivity index (χ2v) is 4.48. The number of benzene rings is 1. The van der Waals surface area contributed by atoms with Crippen LogP contribution in [-0.2, 0) is 11.2 Å². The molecule has 15 heavy (non-hydrogen) atoms. The van der Waals surface area contributed by atoms with Gasteiger partial charge in [-0.15, -0.1) is 0 Å². The molecule has 0 fully saturated rings. The van der Waals surface area contributed by atoms with Crippen LogP contribution in [0.2, 0.25) is 0 Å². The first kappa shape index (κ1) is 10.2. The molecule has 0 atom stereocenters. The number of fused-ring (bicyclic) bond motifs is 1. The molecule has 0 radical (unpaired) electrons. The summed E-state index contributed by atoms with van der Waals surface area (Å²) in [5, 5.41) is 0. The van der Waals surface area contributed by atoms with Crippen molar-refractivity contribution in [2.75, 3.05) is 18.5 Å². The molecule has 0 spiro atoms. The quantitative estimate of drug-likeness (QED) is 0.644. The summed E-state index contributed by atoms with van der Waals surface area (Å²) < 4.78 is 0. The van der Waals surface area contributed by atoms with E-state index in [1.54, 1.807) is 0 Å². The molecule has 0 aliphatic carbocycles. The van der Waals surface area contributed by atoms with Gasteiger partial charge in [-0.05, 0) is 25.0 Å². The van der Waals surface area contributed by atoms with Gasteiger partial charge in [0.1, 0.15) is 5.78 Å². The predicted molar refractivity (Wildman–Crippen MR) is 62.5 cm³/mol. The highest BCUT2D eigenvalue weighted by molar-refractivity contribution is 5.85. The molecule has 1 heterocycles. The van der Waals surface area contributed by atoms with Gasteiger partial charge in [0.05, 0.1) is 0 Å². The summed E-state index contributed by atoms with van der Waals surface area (Å²) in [4.78, 5) is 13.8. The van der Waals surface area contributed by atoms with Gasteiger partial charge in [0.2, 0.25) is 0 Å². The Bertz CT molecular complexity index is 409. The number of Topliss-reactive ketones (excluding diaryl/α,β-unsaturated/α-hetero) is 1. The third-order valence-corrected chi connectivity index (χ3v) is 3.02. The lowest BCUT2D eigenvalue weighted by Gasteiger charge is -2.21.